The average molecular weight is 315 g/mol. The fourth-order valence-corrected chi connectivity index (χ4v) is 1.18. The van der Waals surface area contributed by atoms with Crippen LogP contribution in [0.25, 0.3) is 10.4 Å². The maximum atomic E-state index is 12.6. The zero-order valence-electron chi connectivity index (χ0n) is 11.2. The van der Waals surface area contributed by atoms with E-state index in [2.05, 4.69) is 10.0 Å². The minimum Gasteiger partial charge on any atom is -0.366 e. The third kappa shape index (κ3) is 6.07. The van der Waals surface area contributed by atoms with Gasteiger partial charge < -0.3 is 11.5 Å². The molecule has 1 rings (SSSR count). The number of carbonyl (C=O) groups is 2. The summed E-state index contributed by atoms with van der Waals surface area (Å²) in [6.45, 7) is 0.322. The lowest BCUT2D eigenvalue weighted by atomic mass is 10.2. The summed E-state index contributed by atoms with van der Waals surface area (Å²) in [5, 5.41) is 2.66. The van der Waals surface area contributed by atoms with Crippen molar-refractivity contribution in [1.29, 1.82) is 0 Å². The number of primary amides is 1. The summed E-state index contributed by atoms with van der Waals surface area (Å²) in [7, 11) is 0. The van der Waals surface area contributed by atoms with Crippen LogP contribution < -0.4 is 11.5 Å². The molecule has 7 nitrogen and oxygen atoms in total. The van der Waals surface area contributed by atoms with E-state index < -0.39 is 29.0 Å². The number of benzene rings is 1. The smallest absolute Gasteiger partial charge is 0.244 e. The Kier molecular flexibility index (Phi) is 8.68. The largest absolute Gasteiger partial charge is 0.366 e. The number of rotatable bonds is 5. The third-order valence-electron chi connectivity index (χ3n) is 2.16. The van der Waals surface area contributed by atoms with Crippen molar-refractivity contribution in [1.82, 2.24) is 0 Å². The van der Waals surface area contributed by atoms with Gasteiger partial charge in [0.25, 0.3) is 0 Å². The molecule has 10 heteroatoms. The number of amides is 1. The molecule has 0 bridgehead atoms. The molecule has 0 saturated heterocycles. The van der Waals surface area contributed by atoms with Gasteiger partial charge in [-0.25, -0.2) is 13.2 Å². The van der Waals surface area contributed by atoms with Gasteiger partial charge in [-0.2, -0.15) is 0 Å². The van der Waals surface area contributed by atoms with Gasteiger partial charge in [0.15, 0.2) is 11.6 Å². The highest BCUT2D eigenvalue weighted by Gasteiger charge is 2.11. The monoisotopic (exact) mass is 315 g/mol. The normalized spacial score (nSPS) is 10.1. The van der Waals surface area contributed by atoms with Gasteiger partial charge in [-0.15, -0.1) is 0 Å². The molecule has 4 N–H and O–H groups in total. The molecule has 0 aliphatic carbocycles. The van der Waals surface area contributed by atoms with Gasteiger partial charge in [-0.05, 0) is 36.7 Å². The van der Waals surface area contributed by atoms with Crippen LogP contribution in [0.1, 0.15) is 6.42 Å². The minimum atomic E-state index is -1.48. The van der Waals surface area contributed by atoms with Gasteiger partial charge in [-0.1, -0.05) is 5.11 Å². The third-order valence-corrected chi connectivity index (χ3v) is 2.16. The highest BCUT2D eigenvalue weighted by molar-refractivity contribution is 5.95. The first-order chi connectivity index (χ1) is 10.4. The number of allylic oxidation sites excluding steroid dienone is 1. The summed E-state index contributed by atoms with van der Waals surface area (Å²) in [5.74, 6) is -4.41. The van der Waals surface area contributed by atoms with Gasteiger partial charge in [0, 0.05) is 10.5 Å². The fraction of sp³-hybridized carbons (Fsp3) is 0.167. The summed E-state index contributed by atoms with van der Waals surface area (Å²) in [6.07, 6.45) is 2.01. The molecule has 1 aromatic carbocycles. The van der Waals surface area contributed by atoms with E-state index in [9.17, 15) is 22.8 Å². The first-order valence-electron chi connectivity index (χ1n) is 5.71. The van der Waals surface area contributed by atoms with Crippen LogP contribution in [0.4, 0.5) is 18.9 Å². The molecule has 22 heavy (non-hydrogen) atoms. The lowest BCUT2D eigenvalue weighted by molar-refractivity contribution is -0.115. The predicted molar refractivity (Wildman–Crippen MR) is 72.1 cm³/mol. The second kappa shape index (κ2) is 9.97. The summed E-state index contributed by atoms with van der Waals surface area (Å²) < 4.78 is 37.5. The van der Waals surface area contributed by atoms with Crippen molar-refractivity contribution in [3.8, 4) is 0 Å². The highest BCUT2D eigenvalue weighted by atomic mass is 19.2. The minimum absolute atomic E-state index is 0.275. The molecule has 0 saturated carbocycles. The van der Waals surface area contributed by atoms with Crippen LogP contribution in [0, 0.1) is 17.5 Å². The van der Waals surface area contributed by atoms with Crippen molar-refractivity contribution in [3.05, 3.63) is 51.7 Å². The Balaban J connectivity index is 0.000000409. The van der Waals surface area contributed by atoms with Crippen LogP contribution in [0.2, 0.25) is 0 Å². The van der Waals surface area contributed by atoms with Crippen molar-refractivity contribution in [2.24, 2.45) is 16.6 Å². The lowest BCUT2D eigenvalue weighted by Crippen LogP contribution is -2.16. The quantitative estimate of drug-likeness (QED) is 0.215. The number of nitrogens with two attached hydrogens (primary N) is 2. The molecule has 0 radical (unpaired) electrons. The number of aldehydes is 1. The number of hydrogen-bond acceptors (Lipinski definition) is 4. The summed E-state index contributed by atoms with van der Waals surface area (Å²) >= 11 is 0. The van der Waals surface area contributed by atoms with Crippen molar-refractivity contribution in [3.63, 3.8) is 0 Å². The Labute approximate surface area is 123 Å². The van der Waals surface area contributed by atoms with E-state index >= 15 is 0 Å². The number of carbonyl (C=O) groups excluding carboxylic acids is 2. The van der Waals surface area contributed by atoms with Gasteiger partial charge >= 0.3 is 0 Å². The number of hydrogen-bond donors (Lipinski definition) is 2. The predicted octanol–water partition coefficient (Wildman–Crippen LogP) is 1.99. The van der Waals surface area contributed by atoms with Crippen LogP contribution in [0.15, 0.2) is 28.9 Å². The van der Waals surface area contributed by atoms with E-state index in [-0.39, 0.29) is 5.57 Å². The molecule has 0 atom stereocenters. The molecule has 0 aliphatic heterocycles. The summed E-state index contributed by atoms with van der Waals surface area (Å²) in [6, 6.07) is 1.30. The molecule has 0 aromatic heterocycles. The van der Waals surface area contributed by atoms with Crippen LogP contribution in [0.5, 0.6) is 0 Å². The maximum absolute atomic E-state index is 12.6. The fourth-order valence-electron chi connectivity index (χ4n) is 1.18. The molecule has 118 valence electrons. The number of nitrogens with zero attached hydrogens (tertiary/aromatic N) is 3. The molecular weight excluding hydrogens is 303 g/mol. The van der Waals surface area contributed by atoms with Crippen molar-refractivity contribution in [2.45, 2.75) is 6.42 Å². The van der Waals surface area contributed by atoms with Crippen LogP contribution in [-0.4, -0.2) is 18.7 Å². The molecule has 1 aromatic rings. The molecule has 0 unspecified atom stereocenters. The first kappa shape index (κ1) is 19.2. The molecule has 0 fully saturated rings. The van der Waals surface area contributed by atoms with Gasteiger partial charge in [-0.3, -0.25) is 9.59 Å². The molecular formula is C12H12F3N5O2. The second-order valence-corrected chi connectivity index (χ2v) is 3.61. The molecule has 0 aliphatic rings. The van der Waals surface area contributed by atoms with Crippen LogP contribution in [-0.2, 0) is 9.59 Å². The second-order valence-electron chi connectivity index (χ2n) is 3.61. The Morgan fingerprint density at radius 2 is 1.91 bits per heavy atom. The Morgan fingerprint density at radius 1 is 1.32 bits per heavy atom. The zero-order valence-corrected chi connectivity index (χ0v) is 11.2. The van der Waals surface area contributed by atoms with Crippen LogP contribution >= 0.6 is 0 Å². The standard InChI is InChI=1S/C6H2F3N3.C6H10N2O2/c7-3-1-2-4(8)6(5(3)9)11-12-10;7-3-1-5(2-4-9)6(8)10/h1-2H;2,4H,1,3,7H2,(H2,8,10). The SMILES string of the molecule is NCCC(=CC=O)C(N)=O.[N-]=[N+]=Nc1c(F)ccc(F)c1F. The lowest BCUT2D eigenvalue weighted by Gasteiger charge is -1.97. The molecule has 0 spiro atoms. The zero-order chi connectivity index (χ0) is 17.1. The van der Waals surface area contributed by atoms with Crippen LogP contribution in [0.3, 0.4) is 0 Å². The van der Waals surface area contributed by atoms with E-state index in [4.69, 9.17) is 17.0 Å². The topological polar surface area (TPSA) is 135 Å². The Bertz CT molecular complexity index is 627. The Hall–Kier alpha value is -2.84. The van der Waals surface area contributed by atoms with E-state index in [0.29, 0.717) is 31.4 Å². The van der Waals surface area contributed by atoms with E-state index in [1.165, 1.54) is 0 Å². The highest BCUT2D eigenvalue weighted by Crippen LogP contribution is 2.23. The van der Waals surface area contributed by atoms with Crippen molar-refractivity contribution >= 4 is 17.9 Å². The van der Waals surface area contributed by atoms with Gasteiger partial charge in [0.1, 0.15) is 17.8 Å². The van der Waals surface area contributed by atoms with E-state index in [1.54, 1.807) is 0 Å². The summed E-state index contributed by atoms with van der Waals surface area (Å²) in [4.78, 5) is 22.4. The maximum Gasteiger partial charge on any atom is 0.244 e. The van der Waals surface area contributed by atoms with E-state index in [1.807, 2.05) is 0 Å². The van der Waals surface area contributed by atoms with Crippen molar-refractivity contribution in [2.75, 3.05) is 6.54 Å². The van der Waals surface area contributed by atoms with E-state index in [0.717, 1.165) is 6.08 Å². The van der Waals surface area contributed by atoms with Crippen molar-refractivity contribution < 1.29 is 22.8 Å². The average Bonchev–Trinajstić information content (AvgIpc) is 2.48. The molecule has 1 amide bonds. The number of azide groups is 1. The first-order valence-corrected chi connectivity index (χ1v) is 5.71. The number of halogens is 3. The summed E-state index contributed by atoms with van der Waals surface area (Å²) in [5.41, 5.74) is 17.2. The van der Waals surface area contributed by atoms with Gasteiger partial charge in [0.2, 0.25) is 5.91 Å². The van der Waals surface area contributed by atoms with Gasteiger partial charge in [0.05, 0.1) is 0 Å². The molecule has 0 heterocycles. The Morgan fingerprint density at radius 3 is 2.36 bits per heavy atom.